The van der Waals surface area contributed by atoms with Gasteiger partial charge in [0, 0.05) is 19.3 Å². The van der Waals surface area contributed by atoms with Crippen molar-refractivity contribution in [3.05, 3.63) is 97.2 Å². The zero-order valence-electron chi connectivity index (χ0n) is 42.2. The van der Waals surface area contributed by atoms with Gasteiger partial charge in [-0.15, -0.1) is 0 Å². The fourth-order valence-corrected chi connectivity index (χ4v) is 7.03. The SMILES string of the molecule is CC/C=C\C/C=C\C/C=C\CCCCCCCC(=O)OC[C@H](COC(=O)CCCCCCCCC/C=C\CCCCCC)OC(=O)CCC/C=C\C/C=C\C/C=C\C/C=C\CCCCC. The molecule has 0 aliphatic carbocycles. The molecule has 0 unspecified atom stereocenters. The topological polar surface area (TPSA) is 78.9 Å². The average molecular weight is 903 g/mol. The second kappa shape index (κ2) is 52.9. The molecule has 0 spiro atoms. The minimum Gasteiger partial charge on any atom is -0.462 e. The van der Waals surface area contributed by atoms with E-state index in [1.807, 2.05) is 0 Å². The smallest absolute Gasteiger partial charge is 0.306 e. The minimum atomic E-state index is -0.815. The number of hydrogen-bond acceptors (Lipinski definition) is 6. The maximum absolute atomic E-state index is 12.8. The monoisotopic (exact) mass is 903 g/mol. The third-order valence-corrected chi connectivity index (χ3v) is 11.0. The van der Waals surface area contributed by atoms with Crippen LogP contribution in [0, 0.1) is 0 Å². The molecule has 0 aromatic rings. The molecule has 0 fully saturated rings. The Morgan fingerprint density at radius 2 is 0.615 bits per heavy atom. The number of ether oxygens (including phenoxy) is 3. The minimum absolute atomic E-state index is 0.108. The molecular weight excluding hydrogens is 805 g/mol. The maximum Gasteiger partial charge on any atom is 0.306 e. The van der Waals surface area contributed by atoms with Crippen molar-refractivity contribution in [2.45, 2.75) is 245 Å². The zero-order chi connectivity index (χ0) is 47.2. The standard InChI is InChI=1S/C59H98O6/c1-4-7-10-13-16-19-22-25-28-29-32-35-38-41-44-47-50-53-59(62)65-56(54-63-57(60)51-48-45-42-39-36-33-30-26-23-20-17-14-11-8-5-2)55-64-58(61)52-49-46-43-40-37-34-31-27-24-21-18-15-12-9-6-3/h8,11,16-17,19-21,24-26,28,30,32,35,41,44,56H,4-7,9-10,12-15,18,22-23,27,29,31,33-34,36-40,42-43,45-55H2,1-3H3/b11-8-,19-16-,20-17-,24-21-,28-25-,30-26-,35-32-,44-41-/t56-/m1/s1. The summed E-state index contributed by atoms with van der Waals surface area (Å²) in [4.78, 5) is 38.0. The van der Waals surface area contributed by atoms with E-state index in [9.17, 15) is 14.4 Å². The number of rotatable bonds is 47. The number of unbranched alkanes of at least 4 members (excludes halogenated alkanes) is 20. The highest BCUT2D eigenvalue weighted by Gasteiger charge is 2.19. The highest BCUT2D eigenvalue weighted by molar-refractivity contribution is 5.71. The predicted molar refractivity (Wildman–Crippen MR) is 279 cm³/mol. The van der Waals surface area contributed by atoms with Crippen LogP contribution in [-0.2, 0) is 28.6 Å². The molecule has 0 aromatic heterocycles. The van der Waals surface area contributed by atoms with Crippen LogP contribution in [0.1, 0.15) is 239 Å². The summed E-state index contributed by atoms with van der Waals surface area (Å²) in [5.41, 5.74) is 0. The fraction of sp³-hybridized carbons (Fsp3) is 0.678. The predicted octanol–water partition coefficient (Wildman–Crippen LogP) is 17.8. The Bertz CT molecular complexity index is 1310. The molecule has 0 aliphatic rings. The van der Waals surface area contributed by atoms with Crippen LogP contribution in [-0.4, -0.2) is 37.2 Å². The van der Waals surface area contributed by atoms with Crippen LogP contribution in [0.25, 0.3) is 0 Å². The summed E-state index contributed by atoms with van der Waals surface area (Å²) in [5, 5.41) is 0. The number of hydrogen-bond donors (Lipinski definition) is 0. The first-order valence-corrected chi connectivity index (χ1v) is 26.7. The Balaban J connectivity index is 4.52. The van der Waals surface area contributed by atoms with Gasteiger partial charge in [0.25, 0.3) is 0 Å². The molecule has 0 N–H and O–H groups in total. The van der Waals surface area contributed by atoms with Crippen molar-refractivity contribution in [3.63, 3.8) is 0 Å². The van der Waals surface area contributed by atoms with Crippen LogP contribution in [0.4, 0.5) is 0 Å². The van der Waals surface area contributed by atoms with Crippen molar-refractivity contribution in [1.29, 1.82) is 0 Å². The molecule has 6 nitrogen and oxygen atoms in total. The van der Waals surface area contributed by atoms with Gasteiger partial charge in [-0.3, -0.25) is 14.4 Å². The lowest BCUT2D eigenvalue weighted by Gasteiger charge is -2.18. The second-order valence-electron chi connectivity index (χ2n) is 17.4. The van der Waals surface area contributed by atoms with E-state index in [0.29, 0.717) is 19.3 Å². The van der Waals surface area contributed by atoms with Crippen molar-refractivity contribution in [2.75, 3.05) is 13.2 Å². The van der Waals surface area contributed by atoms with Crippen molar-refractivity contribution in [3.8, 4) is 0 Å². The fourth-order valence-electron chi connectivity index (χ4n) is 7.03. The molecule has 0 saturated carbocycles. The zero-order valence-corrected chi connectivity index (χ0v) is 42.2. The molecule has 0 saturated heterocycles. The van der Waals surface area contributed by atoms with Crippen LogP contribution >= 0.6 is 0 Å². The molecule has 0 bridgehead atoms. The summed E-state index contributed by atoms with van der Waals surface area (Å²) < 4.78 is 16.8. The Morgan fingerprint density at radius 1 is 0.323 bits per heavy atom. The average Bonchev–Trinajstić information content (AvgIpc) is 3.30. The quantitative estimate of drug-likeness (QED) is 0.0262. The Kier molecular flexibility index (Phi) is 50.0. The van der Waals surface area contributed by atoms with Crippen LogP contribution in [0.5, 0.6) is 0 Å². The Labute approximate surface area is 400 Å². The Hall–Kier alpha value is -3.67. The summed E-state index contributed by atoms with van der Waals surface area (Å²) in [6.45, 7) is 6.42. The first-order valence-electron chi connectivity index (χ1n) is 26.7. The summed E-state index contributed by atoms with van der Waals surface area (Å²) >= 11 is 0. The van der Waals surface area contributed by atoms with Gasteiger partial charge in [0.1, 0.15) is 13.2 Å². The molecule has 0 aliphatic heterocycles. The van der Waals surface area contributed by atoms with Crippen LogP contribution in [0.15, 0.2) is 97.2 Å². The van der Waals surface area contributed by atoms with Crippen LogP contribution < -0.4 is 0 Å². The van der Waals surface area contributed by atoms with E-state index in [0.717, 1.165) is 103 Å². The van der Waals surface area contributed by atoms with E-state index in [1.54, 1.807) is 0 Å². The summed E-state index contributed by atoms with van der Waals surface area (Å²) in [6, 6.07) is 0. The molecular formula is C59H98O6. The number of carbonyl (C=O) groups is 3. The van der Waals surface area contributed by atoms with Crippen molar-refractivity contribution < 1.29 is 28.6 Å². The molecule has 0 amide bonds. The van der Waals surface area contributed by atoms with E-state index >= 15 is 0 Å². The highest BCUT2D eigenvalue weighted by atomic mass is 16.6. The Morgan fingerprint density at radius 3 is 1.03 bits per heavy atom. The highest BCUT2D eigenvalue weighted by Crippen LogP contribution is 2.13. The van der Waals surface area contributed by atoms with E-state index in [-0.39, 0.29) is 37.5 Å². The molecule has 6 heteroatoms. The lowest BCUT2D eigenvalue weighted by atomic mass is 10.1. The van der Waals surface area contributed by atoms with Gasteiger partial charge in [-0.2, -0.15) is 0 Å². The van der Waals surface area contributed by atoms with E-state index in [4.69, 9.17) is 14.2 Å². The van der Waals surface area contributed by atoms with Gasteiger partial charge in [-0.1, -0.05) is 201 Å². The van der Waals surface area contributed by atoms with Gasteiger partial charge in [-0.05, 0) is 116 Å². The van der Waals surface area contributed by atoms with Gasteiger partial charge >= 0.3 is 17.9 Å². The van der Waals surface area contributed by atoms with E-state index in [1.165, 1.54) is 89.9 Å². The van der Waals surface area contributed by atoms with Crippen LogP contribution in [0.2, 0.25) is 0 Å². The molecule has 0 radical (unpaired) electrons. The summed E-state index contributed by atoms with van der Waals surface area (Å²) in [5.74, 6) is -0.988. The van der Waals surface area contributed by atoms with Gasteiger partial charge in [-0.25, -0.2) is 0 Å². The van der Waals surface area contributed by atoms with E-state index in [2.05, 4.69) is 118 Å². The molecule has 0 heterocycles. The third kappa shape index (κ3) is 51.2. The molecule has 370 valence electrons. The molecule has 0 aromatic carbocycles. The molecule has 1 atom stereocenters. The number of esters is 3. The molecule has 65 heavy (non-hydrogen) atoms. The van der Waals surface area contributed by atoms with Gasteiger partial charge in [0.05, 0.1) is 0 Å². The second-order valence-corrected chi connectivity index (χ2v) is 17.4. The number of allylic oxidation sites excluding steroid dienone is 16. The molecule has 0 rings (SSSR count). The van der Waals surface area contributed by atoms with E-state index < -0.39 is 6.10 Å². The van der Waals surface area contributed by atoms with Crippen molar-refractivity contribution >= 4 is 17.9 Å². The lowest BCUT2D eigenvalue weighted by molar-refractivity contribution is -0.167. The summed E-state index contributed by atoms with van der Waals surface area (Å²) in [6.07, 6.45) is 69.6. The van der Waals surface area contributed by atoms with Gasteiger partial charge in [0.2, 0.25) is 0 Å². The number of carbonyl (C=O) groups excluding carboxylic acids is 3. The normalized spacial score (nSPS) is 12.8. The summed E-state index contributed by atoms with van der Waals surface area (Å²) in [7, 11) is 0. The van der Waals surface area contributed by atoms with Gasteiger partial charge in [0.15, 0.2) is 6.10 Å². The third-order valence-electron chi connectivity index (χ3n) is 11.0. The lowest BCUT2D eigenvalue weighted by Crippen LogP contribution is -2.30. The van der Waals surface area contributed by atoms with Crippen molar-refractivity contribution in [2.24, 2.45) is 0 Å². The maximum atomic E-state index is 12.8. The van der Waals surface area contributed by atoms with Crippen molar-refractivity contribution in [1.82, 2.24) is 0 Å². The van der Waals surface area contributed by atoms with Crippen LogP contribution in [0.3, 0.4) is 0 Å². The van der Waals surface area contributed by atoms with Gasteiger partial charge < -0.3 is 14.2 Å². The largest absolute Gasteiger partial charge is 0.462 e. The first-order chi connectivity index (χ1) is 32.0. The first kappa shape index (κ1) is 61.3.